The molecule has 0 unspecified atom stereocenters. The third kappa shape index (κ3) is 5.23. The maximum atomic E-state index is 11.4. The fourth-order valence-electron chi connectivity index (χ4n) is 1.41. The SMILES string of the molecule is CC(C)NC(=O)CSCc1ccc(C(=N)N)cc1. The molecule has 0 aromatic heterocycles. The number of amides is 1. The zero-order valence-electron chi connectivity index (χ0n) is 10.7. The van der Waals surface area contributed by atoms with E-state index in [9.17, 15) is 4.79 Å². The first-order valence-corrected chi connectivity index (χ1v) is 6.95. The van der Waals surface area contributed by atoms with Crippen molar-refractivity contribution in [3.8, 4) is 0 Å². The zero-order valence-corrected chi connectivity index (χ0v) is 11.5. The number of nitrogen functional groups attached to an aromatic ring is 1. The van der Waals surface area contributed by atoms with Crippen molar-refractivity contribution in [3.05, 3.63) is 35.4 Å². The fraction of sp³-hybridized carbons (Fsp3) is 0.385. The number of nitrogens with one attached hydrogen (secondary N) is 2. The number of hydrogen-bond donors (Lipinski definition) is 3. The van der Waals surface area contributed by atoms with Crippen LogP contribution in [0.5, 0.6) is 0 Å². The van der Waals surface area contributed by atoms with Crippen molar-refractivity contribution in [2.45, 2.75) is 25.6 Å². The first-order valence-electron chi connectivity index (χ1n) is 5.79. The smallest absolute Gasteiger partial charge is 0.230 e. The van der Waals surface area contributed by atoms with Gasteiger partial charge in [0.1, 0.15) is 5.84 Å². The minimum absolute atomic E-state index is 0.0651. The molecule has 0 saturated heterocycles. The lowest BCUT2D eigenvalue weighted by Crippen LogP contribution is -2.31. The Kier molecular flexibility index (Phi) is 5.71. The summed E-state index contributed by atoms with van der Waals surface area (Å²) < 4.78 is 0. The van der Waals surface area contributed by atoms with Gasteiger partial charge >= 0.3 is 0 Å². The van der Waals surface area contributed by atoms with Crippen LogP contribution >= 0.6 is 11.8 Å². The van der Waals surface area contributed by atoms with Crippen molar-refractivity contribution in [3.63, 3.8) is 0 Å². The molecule has 0 heterocycles. The van der Waals surface area contributed by atoms with E-state index >= 15 is 0 Å². The Morgan fingerprint density at radius 2 is 2.00 bits per heavy atom. The van der Waals surface area contributed by atoms with Gasteiger partial charge < -0.3 is 11.1 Å². The Balaban J connectivity index is 2.35. The van der Waals surface area contributed by atoms with Crippen LogP contribution in [0.25, 0.3) is 0 Å². The molecule has 0 aliphatic carbocycles. The lowest BCUT2D eigenvalue weighted by atomic mass is 10.1. The van der Waals surface area contributed by atoms with Crippen LogP contribution in [0.15, 0.2) is 24.3 Å². The lowest BCUT2D eigenvalue weighted by molar-refractivity contribution is -0.119. The average Bonchev–Trinajstić information content (AvgIpc) is 2.28. The molecule has 98 valence electrons. The minimum Gasteiger partial charge on any atom is -0.384 e. The Bertz CT molecular complexity index is 415. The summed E-state index contributed by atoms with van der Waals surface area (Å²) in [6.07, 6.45) is 0. The van der Waals surface area contributed by atoms with Crippen molar-refractivity contribution in [2.24, 2.45) is 5.73 Å². The number of carbonyl (C=O) groups is 1. The second-order valence-electron chi connectivity index (χ2n) is 4.33. The van der Waals surface area contributed by atoms with Crippen LogP contribution in [0.3, 0.4) is 0 Å². The van der Waals surface area contributed by atoms with Crippen molar-refractivity contribution in [2.75, 3.05) is 5.75 Å². The Morgan fingerprint density at radius 3 is 2.50 bits per heavy atom. The van der Waals surface area contributed by atoms with Gasteiger partial charge in [-0.15, -0.1) is 11.8 Å². The van der Waals surface area contributed by atoms with Crippen molar-refractivity contribution in [1.82, 2.24) is 5.32 Å². The van der Waals surface area contributed by atoms with Crippen LogP contribution in [-0.4, -0.2) is 23.5 Å². The number of rotatable bonds is 6. The van der Waals surface area contributed by atoms with E-state index in [-0.39, 0.29) is 17.8 Å². The van der Waals surface area contributed by atoms with E-state index in [1.54, 1.807) is 11.8 Å². The topological polar surface area (TPSA) is 79.0 Å². The normalized spacial score (nSPS) is 10.4. The molecule has 18 heavy (non-hydrogen) atoms. The van der Waals surface area contributed by atoms with E-state index in [4.69, 9.17) is 11.1 Å². The van der Waals surface area contributed by atoms with Gasteiger partial charge in [0.2, 0.25) is 5.91 Å². The second kappa shape index (κ2) is 7.06. The zero-order chi connectivity index (χ0) is 13.5. The van der Waals surface area contributed by atoms with Gasteiger partial charge in [0.25, 0.3) is 0 Å². The highest BCUT2D eigenvalue weighted by molar-refractivity contribution is 7.99. The van der Waals surface area contributed by atoms with Crippen LogP contribution in [0.2, 0.25) is 0 Å². The summed E-state index contributed by atoms with van der Waals surface area (Å²) in [5.41, 5.74) is 7.23. The predicted molar refractivity (Wildman–Crippen MR) is 76.9 cm³/mol. The molecular weight excluding hydrogens is 246 g/mol. The number of hydrogen-bond acceptors (Lipinski definition) is 3. The van der Waals surface area contributed by atoms with Crippen LogP contribution in [0.1, 0.15) is 25.0 Å². The molecule has 1 aromatic rings. The highest BCUT2D eigenvalue weighted by Gasteiger charge is 2.03. The summed E-state index contributed by atoms with van der Waals surface area (Å²) in [4.78, 5) is 11.4. The molecular formula is C13H19N3OS. The van der Waals surface area contributed by atoms with Crippen LogP contribution in [-0.2, 0) is 10.5 Å². The third-order valence-corrected chi connectivity index (χ3v) is 3.22. The highest BCUT2D eigenvalue weighted by atomic mass is 32.2. The Labute approximate surface area is 112 Å². The maximum Gasteiger partial charge on any atom is 0.230 e. The molecule has 5 heteroatoms. The lowest BCUT2D eigenvalue weighted by Gasteiger charge is -2.08. The minimum atomic E-state index is 0.0651. The van der Waals surface area contributed by atoms with Gasteiger partial charge in [-0.2, -0.15) is 0 Å². The van der Waals surface area contributed by atoms with Crippen molar-refractivity contribution in [1.29, 1.82) is 5.41 Å². The van der Waals surface area contributed by atoms with Gasteiger partial charge in [0.15, 0.2) is 0 Å². The third-order valence-electron chi connectivity index (χ3n) is 2.22. The van der Waals surface area contributed by atoms with E-state index in [0.717, 1.165) is 16.9 Å². The monoisotopic (exact) mass is 265 g/mol. The van der Waals surface area contributed by atoms with Gasteiger partial charge in [0.05, 0.1) is 5.75 Å². The number of carbonyl (C=O) groups excluding carboxylic acids is 1. The summed E-state index contributed by atoms with van der Waals surface area (Å²) in [5, 5.41) is 10.1. The summed E-state index contributed by atoms with van der Waals surface area (Å²) in [6.45, 7) is 3.89. The van der Waals surface area contributed by atoms with E-state index in [1.807, 2.05) is 38.1 Å². The van der Waals surface area contributed by atoms with E-state index < -0.39 is 0 Å². The molecule has 4 N–H and O–H groups in total. The number of nitrogens with two attached hydrogens (primary N) is 1. The first-order chi connectivity index (χ1) is 8.49. The fourth-order valence-corrected chi connectivity index (χ4v) is 2.20. The summed E-state index contributed by atoms with van der Waals surface area (Å²) in [5.74, 6) is 1.39. The summed E-state index contributed by atoms with van der Waals surface area (Å²) in [7, 11) is 0. The number of benzene rings is 1. The molecule has 0 aliphatic heterocycles. The molecule has 0 saturated carbocycles. The first kappa shape index (κ1) is 14.6. The molecule has 0 atom stereocenters. The Morgan fingerprint density at radius 1 is 1.39 bits per heavy atom. The van der Waals surface area contributed by atoms with Crippen molar-refractivity contribution < 1.29 is 4.79 Å². The molecule has 0 fully saturated rings. The molecule has 4 nitrogen and oxygen atoms in total. The standard InChI is InChI=1S/C13H19N3OS/c1-9(2)16-12(17)8-18-7-10-3-5-11(6-4-10)13(14)15/h3-6,9H,7-8H2,1-2H3,(H3,14,15)(H,16,17). The molecule has 0 bridgehead atoms. The predicted octanol–water partition coefficient (Wildman–Crippen LogP) is 1.73. The van der Waals surface area contributed by atoms with Crippen LogP contribution in [0, 0.1) is 5.41 Å². The van der Waals surface area contributed by atoms with Gasteiger partial charge in [-0.25, -0.2) is 0 Å². The average molecular weight is 265 g/mol. The van der Waals surface area contributed by atoms with Gasteiger partial charge in [0, 0.05) is 17.4 Å². The largest absolute Gasteiger partial charge is 0.384 e. The molecule has 0 aliphatic rings. The van der Waals surface area contributed by atoms with Crippen LogP contribution < -0.4 is 11.1 Å². The second-order valence-corrected chi connectivity index (χ2v) is 5.31. The van der Waals surface area contributed by atoms with Gasteiger partial charge in [-0.3, -0.25) is 10.2 Å². The highest BCUT2D eigenvalue weighted by Crippen LogP contribution is 2.12. The summed E-state index contributed by atoms with van der Waals surface area (Å²) >= 11 is 1.57. The molecule has 0 radical (unpaired) electrons. The van der Waals surface area contributed by atoms with E-state index in [0.29, 0.717) is 5.75 Å². The molecule has 1 amide bonds. The molecule has 0 spiro atoms. The molecule has 1 aromatic carbocycles. The quantitative estimate of drug-likeness (QED) is 0.541. The Hall–Kier alpha value is -1.49. The van der Waals surface area contributed by atoms with Gasteiger partial charge in [-0.05, 0) is 19.4 Å². The van der Waals surface area contributed by atoms with Gasteiger partial charge in [-0.1, -0.05) is 24.3 Å². The van der Waals surface area contributed by atoms with E-state index in [2.05, 4.69) is 5.32 Å². The van der Waals surface area contributed by atoms with E-state index in [1.165, 1.54) is 0 Å². The number of amidine groups is 1. The summed E-state index contributed by atoms with van der Waals surface area (Å²) in [6, 6.07) is 7.71. The maximum absolute atomic E-state index is 11.4. The van der Waals surface area contributed by atoms with Crippen molar-refractivity contribution >= 4 is 23.5 Å². The van der Waals surface area contributed by atoms with Crippen LogP contribution in [0.4, 0.5) is 0 Å². The number of thioether (sulfide) groups is 1. The molecule has 1 rings (SSSR count).